The summed E-state index contributed by atoms with van der Waals surface area (Å²) in [5, 5.41) is 12.9. The number of benzene rings is 1. The number of rotatable bonds is 3. The van der Waals surface area contributed by atoms with E-state index in [1.165, 1.54) is 16.7 Å². The van der Waals surface area contributed by atoms with Gasteiger partial charge in [-0.15, -0.1) is 0 Å². The predicted octanol–water partition coefficient (Wildman–Crippen LogP) is 1.15. The molecular formula is C13H19NO2. The third-order valence-corrected chi connectivity index (χ3v) is 3.10. The lowest BCUT2D eigenvalue weighted by Gasteiger charge is -2.15. The van der Waals surface area contributed by atoms with Crippen LogP contribution in [0.2, 0.25) is 0 Å². The first-order chi connectivity index (χ1) is 7.66. The second kappa shape index (κ2) is 4.95. The van der Waals surface area contributed by atoms with Crippen molar-refractivity contribution in [1.82, 2.24) is 5.32 Å². The third-order valence-electron chi connectivity index (χ3n) is 3.10. The molecular weight excluding hydrogens is 202 g/mol. The molecule has 1 aromatic carbocycles. The molecule has 0 aliphatic carbocycles. The maximum absolute atomic E-state index is 9.59. The van der Waals surface area contributed by atoms with Crippen LogP contribution in [0, 0.1) is 13.8 Å². The molecule has 1 saturated heterocycles. The Hall–Kier alpha value is -0.900. The van der Waals surface area contributed by atoms with Crippen LogP contribution in [0.3, 0.4) is 0 Å². The molecule has 2 rings (SSSR count). The van der Waals surface area contributed by atoms with Crippen LogP contribution in [0.1, 0.15) is 16.7 Å². The smallest absolute Gasteiger partial charge is 0.0948 e. The summed E-state index contributed by atoms with van der Waals surface area (Å²) < 4.78 is 5.19. The monoisotopic (exact) mass is 221 g/mol. The van der Waals surface area contributed by atoms with E-state index in [-0.39, 0.29) is 12.1 Å². The molecule has 0 bridgehead atoms. The first-order valence-electron chi connectivity index (χ1n) is 5.72. The topological polar surface area (TPSA) is 41.5 Å². The van der Waals surface area contributed by atoms with Gasteiger partial charge in [0.25, 0.3) is 0 Å². The standard InChI is InChI=1S/C13H19NO2/c1-9-3-4-11(10(2)5-9)6-14-12-7-16-8-13(12)15/h3-5,12-15H,6-8H2,1-2H3. The van der Waals surface area contributed by atoms with Gasteiger partial charge in [0, 0.05) is 6.54 Å². The molecule has 0 radical (unpaired) electrons. The van der Waals surface area contributed by atoms with Gasteiger partial charge in [-0.1, -0.05) is 23.8 Å². The SMILES string of the molecule is Cc1ccc(CNC2COCC2O)c(C)c1. The number of aliphatic hydroxyl groups excluding tert-OH is 1. The van der Waals surface area contributed by atoms with Crippen LogP contribution in [0.15, 0.2) is 18.2 Å². The zero-order chi connectivity index (χ0) is 11.5. The highest BCUT2D eigenvalue weighted by atomic mass is 16.5. The molecule has 0 saturated carbocycles. The fraction of sp³-hybridized carbons (Fsp3) is 0.538. The second-order valence-electron chi connectivity index (χ2n) is 4.52. The van der Waals surface area contributed by atoms with E-state index >= 15 is 0 Å². The fourth-order valence-electron chi connectivity index (χ4n) is 2.02. The minimum Gasteiger partial charge on any atom is -0.389 e. The van der Waals surface area contributed by atoms with Crippen LogP contribution in [0.25, 0.3) is 0 Å². The van der Waals surface area contributed by atoms with E-state index in [4.69, 9.17) is 4.74 Å². The second-order valence-corrected chi connectivity index (χ2v) is 4.52. The van der Waals surface area contributed by atoms with Crippen molar-refractivity contribution in [2.75, 3.05) is 13.2 Å². The van der Waals surface area contributed by atoms with Crippen LogP contribution >= 0.6 is 0 Å². The van der Waals surface area contributed by atoms with Crippen molar-refractivity contribution in [2.45, 2.75) is 32.5 Å². The first kappa shape index (κ1) is 11.6. The average molecular weight is 221 g/mol. The molecule has 2 atom stereocenters. The molecule has 1 aliphatic rings. The summed E-state index contributed by atoms with van der Waals surface area (Å²) in [5.41, 5.74) is 3.86. The Balaban J connectivity index is 1.94. The normalized spacial score (nSPS) is 24.9. The molecule has 0 spiro atoms. The highest BCUT2D eigenvalue weighted by Crippen LogP contribution is 2.12. The Morgan fingerprint density at radius 3 is 2.81 bits per heavy atom. The van der Waals surface area contributed by atoms with E-state index in [1.807, 2.05) is 0 Å². The molecule has 2 unspecified atom stereocenters. The molecule has 2 N–H and O–H groups in total. The number of ether oxygens (including phenoxy) is 1. The van der Waals surface area contributed by atoms with E-state index < -0.39 is 0 Å². The summed E-state index contributed by atoms with van der Waals surface area (Å²) in [5.74, 6) is 0. The van der Waals surface area contributed by atoms with E-state index in [2.05, 4.69) is 37.4 Å². The van der Waals surface area contributed by atoms with Crippen molar-refractivity contribution in [1.29, 1.82) is 0 Å². The molecule has 1 aromatic rings. The summed E-state index contributed by atoms with van der Waals surface area (Å²) in [6.07, 6.45) is -0.370. The van der Waals surface area contributed by atoms with Gasteiger partial charge in [0.1, 0.15) is 0 Å². The van der Waals surface area contributed by atoms with Gasteiger partial charge < -0.3 is 15.2 Å². The van der Waals surface area contributed by atoms with Crippen molar-refractivity contribution in [2.24, 2.45) is 0 Å². The highest BCUT2D eigenvalue weighted by Gasteiger charge is 2.25. The molecule has 88 valence electrons. The van der Waals surface area contributed by atoms with E-state index in [1.54, 1.807) is 0 Å². The lowest BCUT2D eigenvalue weighted by molar-refractivity contribution is 0.122. The Morgan fingerprint density at radius 2 is 2.19 bits per heavy atom. The number of nitrogens with one attached hydrogen (secondary N) is 1. The maximum atomic E-state index is 9.59. The van der Waals surface area contributed by atoms with Crippen LogP contribution in [0.4, 0.5) is 0 Å². The van der Waals surface area contributed by atoms with E-state index in [9.17, 15) is 5.11 Å². The molecule has 0 amide bonds. The van der Waals surface area contributed by atoms with Gasteiger partial charge in [0.05, 0.1) is 25.4 Å². The number of aliphatic hydroxyl groups is 1. The van der Waals surface area contributed by atoms with Crippen molar-refractivity contribution < 1.29 is 9.84 Å². The largest absolute Gasteiger partial charge is 0.389 e. The molecule has 0 aromatic heterocycles. The van der Waals surface area contributed by atoms with Gasteiger partial charge in [-0.25, -0.2) is 0 Å². The van der Waals surface area contributed by atoms with Crippen LogP contribution in [-0.2, 0) is 11.3 Å². The Morgan fingerprint density at radius 1 is 1.38 bits per heavy atom. The Labute approximate surface area is 96.4 Å². The third kappa shape index (κ3) is 2.61. The lowest BCUT2D eigenvalue weighted by atomic mass is 10.1. The summed E-state index contributed by atoms with van der Waals surface area (Å²) in [6, 6.07) is 6.50. The molecule has 1 fully saturated rings. The van der Waals surface area contributed by atoms with Gasteiger partial charge in [0.15, 0.2) is 0 Å². The lowest BCUT2D eigenvalue weighted by Crippen LogP contribution is -2.38. The zero-order valence-corrected chi connectivity index (χ0v) is 9.86. The van der Waals surface area contributed by atoms with Crippen LogP contribution in [-0.4, -0.2) is 30.5 Å². The molecule has 16 heavy (non-hydrogen) atoms. The zero-order valence-electron chi connectivity index (χ0n) is 9.86. The van der Waals surface area contributed by atoms with Crippen molar-refractivity contribution in [3.05, 3.63) is 34.9 Å². The number of aryl methyl sites for hydroxylation is 2. The molecule has 3 heteroatoms. The quantitative estimate of drug-likeness (QED) is 0.804. The minimum absolute atomic E-state index is 0.0701. The van der Waals surface area contributed by atoms with E-state index in [0.717, 1.165) is 6.54 Å². The van der Waals surface area contributed by atoms with Crippen LogP contribution in [0.5, 0.6) is 0 Å². The highest BCUT2D eigenvalue weighted by molar-refractivity contribution is 5.30. The molecule has 1 heterocycles. The summed E-state index contributed by atoms with van der Waals surface area (Å²) in [7, 11) is 0. The average Bonchev–Trinajstić information content (AvgIpc) is 2.63. The summed E-state index contributed by atoms with van der Waals surface area (Å²) in [4.78, 5) is 0. The number of hydrogen-bond donors (Lipinski definition) is 2. The Bertz CT molecular complexity index is 365. The molecule has 1 aliphatic heterocycles. The maximum Gasteiger partial charge on any atom is 0.0948 e. The minimum atomic E-state index is -0.370. The van der Waals surface area contributed by atoms with Crippen molar-refractivity contribution in [3.63, 3.8) is 0 Å². The van der Waals surface area contributed by atoms with Gasteiger partial charge >= 0.3 is 0 Å². The van der Waals surface area contributed by atoms with E-state index in [0.29, 0.717) is 13.2 Å². The van der Waals surface area contributed by atoms with Gasteiger partial charge in [0.2, 0.25) is 0 Å². The first-order valence-corrected chi connectivity index (χ1v) is 5.72. The van der Waals surface area contributed by atoms with Gasteiger partial charge in [-0.2, -0.15) is 0 Å². The summed E-state index contributed by atoms with van der Waals surface area (Å²) >= 11 is 0. The van der Waals surface area contributed by atoms with Gasteiger partial charge in [-0.05, 0) is 25.0 Å². The fourth-order valence-corrected chi connectivity index (χ4v) is 2.02. The Kier molecular flexibility index (Phi) is 3.59. The predicted molar refractivity (Wildman–Crippen MR) is 63.4 cm³/mol. The summed E-state index contributed by atoms with van der Waals surface area (Å²) in [6.45, 7) is 6.05. The number of hydrogen-bond acceptors (Lipinski definition) is 3. The van der Waals surface area contributed by atoms with Crippen molar-refractivity contribution >= 4 is 0 Å². The van der Waals surface area contributed by atoms with Crippen LogP contribution < -0.4 is 5.32 Å². The van der Waals surface area contributed by atoms with Crippen molar-refractivity contribution in [3.8, 4) is 0 Å². The molecule has 3 nitrogen and oxygen atoms in total. The van der Waals surface area contributed by atoms with Gasteiger partial charge in [-0.3, -0.25) is 0 Å².